The fourth-order valence-electron chi connectivity index (χ4n) is 2.56. The molecule has 0 bridgehead atoms. The predicted molar refractivity (Wildman–Crippen MR) is 76.1 cm³/mol. The maximum atomic E-state index is 12.2. The van der Waals surface area contributed by atoms with Crippen molar-refractivity contribution in [1.82, 2.24) is 9.62 Å². The molecule has 0 saturated heterocycles. The summed E-state index contributed by atoms with van der Waals surface area (Å²) in [7, 11) is 0.598. The molecule has 1 aliphatic carbocycles. The van der Waals surface area contributed by atoms with Gasteiger partial charge in [-0.05, 0) is 58.0 Å². The lowest BCUT2D eigenvalue weighted by atomic mass is 9.87. The molecule has 0 radical (unpaired) electrons. The first-order chi connectivity index (χ1) is 8.47. The molecule has 1 N–H and O–H groups in total. The van der Waals surface area contributed by atoms with Crippen LogP contribution >= 0.6 is 0 Å². The molecule has 0 aromatic heterocycles. The van der Waals surface area contributed by atoms with Gasteiger partial charge in [-0.15, -0.1) is 0 Å². The Morgan fingerprint density at radius 1 is 1.17 bits per heavy atom. The summed E-state index contributed by atoms with van der Waals surface area (Å²) in [5.74, 6) is 1.05. The summed E-state index contributed by atoms with van der Waals surface area (Å²) < 4.78 is 26.0. The number of hydrogen-bond acceptors (Lipinski definition) is 3. The highest BCUT2D eigenvalue weighted by Crippen LogP contribution is 2.27. The van der Waals surface area contributed by atoms with E-state index in [9.17, 15) is 8.42 Å². The molecule has 1 saturated carbocycles. The largest absolute Gasteiger partial charge is 0.320 e. The van der Waals surface area contributed by atoms with E-state index >= 15 is 0 Å². The van der Waals surface area contributed by atoms with E-state index in [1.54, 1.807) is 11.4 Å². The van der Waals surface area contributed by atoms with Gasteiger partial charge < -0.3 is 5.32 Å². The maximum Gasteiger partial charge on any atom is 0.214 e. The van der Waals surface area contributed by atoms with Gasteiger partial charge in [0.1, 0.15) is 0 Å². The second-order valence-electron chi connectivity index (χ2n) is 5.56. The van der Waals surface area contributed by atoms with E-state index in [-0.39, 0.29) is 11.8 Å². The Kier molecular flexibility index (Phi) is 6.60. The Hall–Kier alpha value is -0.130. The van der Waals surface area contributed by atoms with Crippen molar-refractivity contribution in [3.05, 3.63) is 0 Å². The van der Waals surface area contributed by atoms with Gasteiger partial charge in [0.05, 0.1) is 5.75 Å². The molecule has 0 amide bonds. The molecule has 18 heavy (non-hydrogen) atoms. The van der Waals surface area contributed by atoms with Crippen LogP contribution in [0.5, 0.6) is 0 Å². The number of nitrogens with one attached hydrogen (secondary N) is 1. The summed E-state index contributed by atoms with van der Waals surface area (Å²) in [6, 6.07) is 0.232. The molecule has 4 nitrogen and oxygen atoms in total. The van der Waals surface area contributed by atoms with Crippen LogP contribution in [0.4, 0.5) is 0 Å². The average molecular weight is 276 g/mol. The van der Waals surface area contributed by atoms with Crippen molar-refractivity contribution in [2.75, 3.05) is 26.4 Å². The smallest absolute Gasteiger partial charge is 0.214 e. The topological polar surface area (TPSA) is 49.4 Å². The highest BCUT2D eigenvalue weighted by Gasteiger charge is 2.28. The Morgan fingerprint density at radius 2 is 1.78 bits per heavy atom. The SMILES string of the molecule is CNCCCCS(=O)(=O)N(C)C1CCC(C)CC1. The van der Waals surface area contributed by atoms with Gasteiger partial charge in [0, 0.05) is 13.1 Å². The molecule has 0 atom stereocenters. The average Bonchev–Trinajstić information content (AvgIpc) is 2.35. The van der Waals surface area contributed by atoms with Crippen LogP contribution in [0.25, 0.3) is 0 Å². The van der Waals surface area contributed by atoms with E-state index in [1.165, 1.54) is 0 Å². The molecule has 5 heteroatoms. The number of rotatable bonds is 7. The van der Waals surface area contributed by atoms with Crippen LogP contribution in [0.3, 0.4) is 0 Å². The second kappa shape index (κ2) is 7.46. The number of hydrogen-bond donors (Lipinski definition) is 1. The first kappa shape index (κ1) is 15.9. The van der Waals surface area contributed by atoms with Crippen LogP contribution < -0.4 is 5.32 Å². The highest BCUT2D eigenvalue weighted by molar-refractivity contribution is 7.89. The number of unbranched alkanes of at least 4 members (excludes halogenated alkanes) is 1. The molecule has 1 rings (SSSR count). The lowest BCUT2D eigenvalue weighted by Gasteiger charge is -2.32. The molecule has 0 aliphatic heterocycles. The van der Waals surface area contributed by atoms with Crippen LogP contribution in [-0.2, 0) is 10.0 Å². The molecule has 0 aromatic carbocycles. The first-order valence-corrected chi connectivity index (χ1v) is 8.68. The molecule has 0 unspecified atom stereocenters. The van der Waals surface area contributed by atoms with E-state index in [0.717, 1.165) is 51.0 Å². The van der Waals surface area contributed by atoms with E-state index < -0.39 is 10.0 Å². The van der Waals surface area contributed by atoms with Crippen molar-refractivity contribution >= 4 is 10.0 Å². The molecule has 0 spiro atoms. The van der Waals surface area contributed by atoms with Gasteiger partial charge in [-0.2, -0.15) is 0 Å². The minimum atomic E-state index is -3.05. The minimum absolute atomic E-state index is 0.232. The van der Waals surface area contributed by atoms with Gasteiger partial charge in [0.15, 0.2) is 0 Å². The fourth-order valence-corrected chi connectivity index (χ4v) is 4.09. The summed E-state index contributed by atoms with van der Waals surface area (Å²) in [4.78, 5) is 0. The van der Waals surface area contributed by atoms with E-state index in [1.807, 2.05) is 7.05 Å². The third-order valence-electron chi connectivity index (χ3n) is 4.02. The standard InChI is InChI=1S/C13H28N2O2S/c1-12-6-8-13(9-7-12)15(3)18(16,17)11-5-4-10-14-2/h12-14H,4-11H2,1-3H3. The van der Waals surface area contributed by atoms with Crippen LogP contribution in [0, 0.1) is 5.92 Å². The summed E-state index contributed by atoms with van der Waals surface area (Å²) >= 11 is 0. The molecular formula is C13H28N2O2S. The van der Waals surface area contributed by atoms with Gasteiger partial charge in [-0.25, -0.2) is 12.7 Å². The van der Waals surface area contributed by atoms with Crippen molar-refractivity contribution in [2.45, 2.75) is 51.5 Å². The van der Waals surface area contributed by atoms with Gasteiger partial charge in [0.2, 0.25) is 10.0 Å². The Bertz CT molecular complexity index is 322. The lowest BCUT2D eigenvalue weighted by molar-refractivity contribution is 0.246. The van der Waals surface area contributed by atoms with Gasteiger partial charge in [-0.1, -0.05) is 6.92 Å². The quantitative estimate of drug-likeness (QED) is 0.722. The van der Waals surface area contributed by atoms with Crippen molar-refractivity contribution in [1.29, 1.82) is 0 Å². The summed E-state index contributed by atoms with van der Waals surface area (Å²) in [6.07, 6.45) is 6.03. The van der Waals surface area contributed by atoms with Crippen LogP contribution in [-0.4, -0.2) is 45.2 Å². The minimum Gasteiger partial charge on any atom is -0.320 e. The molecule has 0 heterocycles. The maximum absolute atomic E-state index is 12.2. The van der Waals surface area contributed by atoms with E-state index in [0.29, 0.717) is 0 Å². The first-order valence-electron chi connectivity index (χ1n) is 7.07. The third kappa shape index (κ3) is 4.86. The summed E-state index contributed by atoms with van der Waals surface area (Å²) in [6.45, 7) is 3.14. The van der Waals surface area contributed by atoms with Gasteiger partial charge in [-0.3, -0.25) is 0 Å². The Morgan fingerprint density at radius 3 is 2.33 bits per heavy atom. The van der Waals surface area contributed by atoms with Gasteiger partial charge >= 0.3 is 0 Å². The van der Waals surface area contributed by atoms with Crippen molar-refractivity contribution in [2.24, 2.45) is 5.92 Å². The van der Waals surface area contributed by atoms with E-state index in [2.05, 4.69) is 12.2 Å². The normalized spacial score (nSPS) is 25.6. The summed E-state index contributed by atoms with van der Waals surface area (Å²) in [5, 5.41) is 3.04. The predicted octanol–water partition coefficient (Wildman–Crippen LogP) is 1.83. The fraction of sp³-hybridized carbons (Fsp3) is 1.00. The molecule has 0 aromatic rings. The Labute approximate surface area is 112 Å². The zero-order valence-electron chi connectivity index (χ0n) is 12.0. The molecular weight excluding hydrogens is 248 g/mol. The van der Waals surface area contributed by atoms with Crippen molar-refractivity contribution < 1.29 is 8.42 Å². The number of nitrogens with zero attached hydrogens (tertiary/aromatic N) is 1. The monoisotopic (exact) mass is 276 g/mol. The van der Waals surface area contributed by atoms with Crippen molar-refractivity contribution in [3.8, 4) is 0 Å². The molecule has 108 valence electrons. The zero-order valence-corrected chi connectivity index (χ0v) is 12.8. The third-order valence-corrected chi connectivity index (χ3v) is 6.00. The van der Waals surface area contributed by atoms with Crippen LogP contribution in [0.15, 0.2) is 0 Å². The van der Waals surface area contributed by atoms with Gasteiger partial charge in [0.25, 0.3) is 0 Å². The number of sulfonamides is 1. The molecule has 1 aliphatic rings. The van der Waals surface area contributed by atoms with Crippen LogP contribution in [0.1, 0.15) is 45.4 Å². The van der Waals surface area contributed by atoms with Crippen LogP contribution in [0.2, 0.25) is 0 Å². The highest BCUT2D eigenvalue weighted by atomic mass is 32.2. The molecule has 1 fully saturated rings. The summed E-state index contributed by atoms with van der Waals surface area (Å²) in [5.41, 5.74) is 0. The van der Waals surface area contributed by atoms with Crippen molar-refractivity contribution in [3.63, 3.8) is 0 Å². The lowest BCUT2D eigenvalue weighted by Crippen LogP contribution is -2.40. The second-order valence-corrected chi connectivity index (χ2v) is 7.70. The zero-order chi connectivity index (χ0) is 13.6. The van der Waals surface area contributed by atoms with E-state index in [4.69, 9.17) is 0 Å². The Balaban J connectivity index is 2.41.